The number of hydrogen-bond donors (Lipinski definition) is 1. The van der Waals surface area contributed by atoms with Gasteiger partial charge in [-0.3, -0.25) is 4.79 Å². The molecule has 1 heterocycles. The van der Waals surface area contributed by atoms with Gasteiger partial charge in [0, 0.05) is 4.47 Å². The van der Waals surface area contributed by atoms with Crippen molar-refractivity contribution in [2.75, 3.05) is 19.7 Å². The molecule has 0 bridgehead atoms. The minimum Gasteiger partial charge on any atom is -0.480 e. The molecule has 0 unspecified atom stereocenters. The van der Waals surface area contributed by atoms with E-state index in [9.17, 15) is 9.59 Å². The van der Waals surface area contributed by atoms with Gasteiger partial charge in [-0.2, -0.15) is 0 Å². The maximum Gasteiger partial charge on any atom is 0.329 e. The van der Waals surface area contributed by atoms with Gasteiger partial charge in [-0.15, -0.1) is 0 Å². The molecule has 20 heavy (non-hydrogen) atoms. The summed E-state index contributed by atoms with van der Waals surface area (Å²) in [7, 11) is 0. The molecule has 1 aliphatic rings. The number of carboxylic acid groups (broad SMARTS) is 1. The number of benzene rings is 1. The highest BCUT2D eigenvalue weighted by Crippen LogP contribution is 2.31. The summed E-state index contributed by atoms with van der Waals surface area (Å²) in [5.74, 6) is -1.21. The number of nitrogens with zero attached hydrogens (tertiary/aromatic N) is 1. The summed E-state index contributed by atoms with van der Waals surface area (Å²) in [6.45, 7) is 2.11. The third-order valence-electron chi connectivity index (χ3n) is 3.06. The zero-order valence-electron chi connectivity index (χ0n) is 10.7. The number of amides is 1. The van der Waals surface area contributed by atoms with E-state index in [1.807, 2.05) is 0 Å². The van der Waals surface area contributed by atoms with Gasteiger partial charge in [0.05, 0.1) is 23.7 Å². The first-order chi connectivity index (χ1) is 9.32. The molecule has 1 aliphatic heterocycles. The van der Waals surface area contributed by atoms with Crippen LogP contribution in [0.25, 0.3) is 0 Å². The summed E-state index contributed by atoms with van der Waals surface area (Å²) in [4.78, 5) is 24.3. The highest BCUT2D eigenvalue weighted by Gasteiger charge is 2.43. The number of likely N-dealkylation sites (tertiary alicyclic amines) is 1. The van der Waals surface area contributed by atoms with Crippen LogP contribution in [0.3, 0.4) is 0 Å². The second-order valence-corrected chi connectivity index (χ2v) is 6.13. The predicted octanol–water partition coefficient (Wildman–Crippen LogP) is 2.42. The van der Waals surface area contributed by atoms with Crippen molar-refractivity contribution in [3.8, 4) is 0 Å². The number of hydrogen-bond acceptors (Lipinski definition) is 3. The Morgan fingerprint density at radius 2 is 2.15 bits per heavy atom. The fourth-order valence-corrected chi connectivity index (χ4v) is 2.64. The zero-order valence-corrected chi connectivity index (χ0v) is 13.1. The maximum absolute atomic E-state index is 12.3. The Balaban J connectivity index is 2.00. The largest absolute Gasteiger partial charge is 0.480 e. The lowest BCUT2D eigenvalue weighted by Gasteiger charge is -2.47. The summed E-state index contributed by atoms with van der Waals surface area (Å²) in [6.07, 6.45) is 0. The molecule has 0 saturated carbocycles. The molecule has 0 aromatic heterocycles. The minimum atomic E-state index is -1.02. The predicted molar refractivity (Wildman–Crippen MR) is 77.0 cm³/mol. The molecule has 1 aromatic carbocycles. The number of carbonyl (C=O) groups excluding carboxylic acids is 1. The topological polar surface area (TPSA) is 66.8 Å². The standard InChI is InChI=1S/C13H13BrClNO4/c1-13(20-5-10(17)18)6-16(7-13)12(19)8-3-2-4-9(14)11(8)15/h2-4H,5-7H2,1H3,(H,17,18). The summed E-state index contributed by atoms with van der Waals surface area (Å²) in [5.41, 5.74) is -0.187. The quantitative estimate of drug-likeness (QED) is 0.893. The van der Waals surface area contributed by atoms with Crippen molar-refractivity contribution < 1.29 is 19.4 Å². The number of carbonyl (C=O) groups is 2. The van der Waals surface area contributed by atoms with Crippen molar-refractivity contribution >= 4 is 39.4 Å². The van der Waals surface area contributed by atoms with Crippen LogP contribution >= 0.6 is 27.5 Å². The molecule has 0 atom stereocenters. The Kier molecular flexibility index (Phi) is 4.36. The average Bonchev–Trinajstić information content (AvgIpc) is 2.35. The molecule has 1 fully saturated rings. The van der Waals surface area contributed by atoms with E-state index in [0.29, 0.717) is 28.1 Å². The van der Waals surface area contributed by atoms with Crippen molar-refractivity contribution in [2.24, 2.45) is 0 Å². The third kappa shape index (κ3) is 3.13. The fraction of sp³-hybridized carbons (Fsp3) is 0.385. The number of rotatable bonds is 4. The van der Waals surface area contributed by atoms with E-state index in [1.54, 1.807) is 30.0 Å². The van der Waals surface area contributed by atoms with E-state index < -0.39 is 11.6 Å². The molecule has 0 radical (unpaired) electrons. The molecule has 1 N–H and O–H groups in total. The first-order valence-electron chi connectivity index (χ1n) is 5.91. The van der Waals surface area contributed by atoms with Crippen LogP contribution in [-0.4, -0.2) is 47.2 Å². The number of halogens is 2. The van der Waals surface area contributed by atoms with Crippen molar-refractivity contribution in [1.29, 1.82) is 0 Å². The van der Waals surface area contributed by atoms with Crippen molar-refractivity contribution in [3.63, 3.8) is 0 Å². The summed E-state index contributed by atoms with van der Waals surface area (Å²) >= 11 is 9.36. The molecule has 7 heteroatoms. The van der Waals surface area contributed by atoms with Gasteiger partial charge in [-0.05, 0) is 35.0 Å². The Morgan fingerprint density at radius 1 is 1.50 bits per heavy atom. The van der Waals surface area contributed by atoms with Crippen molar-refractivity contribution in [1.82, 2.24) is 4.90 Å². The lowest BCUT2D eigenvalue weighted by Crippen LogP contribution is -2.63. The Labute approximate surface area is 129 Å². The lowest BCUT2D eigenvalue weighted by molar-refractivity contribution is -0.159. The SMILES string of the molecule is CC1(OCC(=O)O)CN(C(=O)c2cccc(Br)c2Cl)C1. The Bertz CT molecular complexity index is 557. The molecule has 0 aliphatic carbocycles. The average molecular weight is 363 g/mol. The molecule has 5 nitrogen and oxygen atoms in total. The van der Waals surface area contributed by atoms with Crippen LogP contribution in [0.5, 0.6) is 0 Å². The number of aliphatic carboxylic acids is 1. The van der Waals surface area contributed by atoms with Gasteiger partial charge in [0.25, 0.3) is 5.91 Å². The van der Waals surface area contributed by atoms with Crippen LogP contribution in [0.4, 0.5) is 0 Å². The van der Waals surface area contributed by atoms with Crippen LogP contribution in [0.1, 0.15) is 17.3 Å². The van der Waals surface area contributed by atoms with E-state index in [4.69, 9.17) is 21.4 Å². The monoisotopic (exact) mass is 361 g/mol. The van der Waals surface area contributed by atoms with E-state index >= 15 is 0 Å². The molecule has 1 aromatic rings. The van der Waals surface area contributed by atoms with E-state index in [1.165, 1.54) is 0 Å². The van der Waals surface area contributed by atoms with Crippen molar-refractivity contribution in [3.05, 3.63) is 33.3 Å². The second-order valence-electron chi connectivity index (χ2n) is 4.89. The smallest absolute Gasteiger partial charge is 0.329 e. The first-order valence-corrected chi connectivity index (χ1v) is 7.08. The highest BCUT2D eigenvalue weighted by molar-refractivity contribution is 9.10. The van der Waals surface area contributed by atoms with Gasteiger partial charge in [-0.25, -0.2) is 4.79 Å². The molecular weight excluding hydrogens is 350 g/mol. The second kappa shape index (κ2) is 5.71. The molecule has 1 amide bonds. The van der Waals surface area contributed by atoms with Gasteiger partial charge in [0.1, 0.15) is 12.2 Å². The Morgan fingerprint density at radius 3 is 2.75 bits per heavy atom. The molecule has 1 saturated heterocycles. The number of ether oxygens (including phenoxy) is 1. The normalized spacial score (nSPS) is 16.6. The van der Waals surface area contributed by atoms with Gasteiger partial charge in [0.15, 0.2) is 0 Å². The molecule has 0 spiro atoms. The lowest BCUT2D eigenvalue weighted by atomic mass is 9.95. The van der Waals surface area contributed by atoms with Gasteiger partial charge >= 0.3 is 5.97 Å². The number of carboxylic acids is 1. The van der Waals surface area contributed by atoms with Gasteiger partial charge in [-0.1, -0.05) is 17.7 Å². The first kappa shape index (κ1) is 15.3. The molecule has 2 rings (SSSR count). The van der Waals surface area contributed by atoms with Crippen LogP contribution in [-0.2, 0) is 9.53 Å². The third-order valence-corrected chi connectivity index (χ3v) is 4.36. The highest BCUT2D eigenvalue weighted by atomic mass is 79.9. The van der Waals surface area contributed by atoms with Crippen LogP contribution in [0.15, 0.2) is 22.7 Å². The zero-order chi connectivity index (χ0) is 14.9. The fourth-order valence-electron chi connectivity index (χ4n) is 2.07. The Hall–Kier alpha value is -1.11. The van der Waals surface area contributed by atoms with E-state index in [2.05, 4.69) is 15.9 Å². The van der Waals surface area contributed by atoms with E-state index in [0.717, 1.165) is 0 Å². The van der Waals surface area contributed by atoms with Gasteiger partial charge in [0.2, 0.25) is 0 Å². The molecule has 108 valence electrons. The molecular formula is C13H13BrClNO4. The summed E-state index contributed by atoms with van der Waals surface area (Å²) in [6, 6.07) is 5.15. The van der Waals surface area contributed by atoms with Crippen LogP contribution in [0, 0.1) is 0 Å². The summed E-state index contributed by atoms with van der Waals surface area (Å²) in [5, 5.41) is 8.96. The maximum atomic E-state index is 12.3. The van der Waals surface area contributed by atoms with Crippen molar-refractivity contribution in [2.45, 2.75) is 12.5 Å². The van der Waals surface area contributed by atoms with E-state index in [-0.39, 0.29) is 12.5 Å². The summed E-state index contributed by atoms with van der Waals surface area (Å²) < 4.78 is 5.92. The minimum absolute atomic E-state index is 0.187. The van der Waals surface area contributed by atoms with Gasteiger partial charge < -0.3 is 14.7 Å². The van der Waals surface area contributed by atoms with Crippen LogP contribution < -0.4 is 0 Å². The van der Waals surface area contributed by atoms with Crippen LogP contribution in [0.2, 0.25) is 5.02 Å².